The highest BCUT2D eigenvalue weighted by Crippen LogP contribution is 2.10. The summed E-state index contributed by atoms with van der Waals surface area (Å²) in [7, 11) is 0. The topological polar surface area (TPSA) is 84.2 Å². The van der Waals surface area contributed by atoms with E-state index in [0.717, 1.165) is 5.56 Å². The van der Waals surface area contributed by atoms with Crippen molar-refractivity contribution in [3.05, 3.63) is 54.2 Å². The number of amides is 2. The van der Waals surface area contributed by atoms with Gasteiger partial charge in [0.2, 0.25) is 11.8 Å². The van der Waals surface area contributed by atoms with Gasteiger partial charge in [-0.1, -0.05) is 30.3 Å². The average molecular weight is 273 g/mol. The van der Waals surface area contributed by atoms with Crippen molar-refractivity contribution >= 4 is 11.8 Å². The van der Waals surface area contributed by atoms with Crippen LogP contribution in [0.15, 0.2) is 47.2 Å². The zero-order chi connectivity index (χ0) is 14.4. The zero-order valence-corrected chi connectivity index (χ0v) is 11.0. The van der Waals surface area contributed by atoms with E-state index in [1.807, 2.05) is 30.3 Å². The summed E-state index contributed by atoms with van der Waals surface area (Å²) in [6.45, 7) is 1.71. The summed E-state index contributed by atoms with van der Waals surface area (Å²) in [4.78, 5) is 27.2. The average Bonchev–Trinajstić information content (AvgIpc) is 2.97. The van der Waals surface area contributed by atoms with Crippen molar-refractivity contribution in [2.45, 2.75) is 19.5 Å². The maximum Gasteiger partial charge on any atom is 0.252 e. The van der Waals surface area contributed by atoms with Crippen molar-refractivity contribution < 1.29 is 14.0 Å². The van der Waals surface area contributed by atoms with Crippen molar-refractivity contribution in [3.63, 3.8) is 0 Å². The molecule has 2 aromatic rings. The highest BCUT2D eigenvalue weighted by atomic mass is 16.3. The molecule has 1 heterocycles. The van der Waals surface area contributed by atoms with Crippen molar-refractivity contribution in [1.29, 1.82) is 0 Å². The molecular formula is C14H15N3O3. The van der Waals surface area contributed by atoms with Gasteiger partial charge in [-0.2, -0.15) is 0 Å². The predicted octanol–water partition coefficient (Wildman–Crippen LogP) is 1.17. The van der Waals surface area contributed by atoms with Crippen LogP contribution in [0.1, 0.15) is 24.4 Å². The van der Waals surface area contributed by atoms with E-state index in [1.54, 1.807) is 0 Å². The van der Waals surface area contributed by atoms with Crippen LogP contribution in [0, 0.1) is 0 Å². The maximum atomic E-state index is 12.1. The number of carbonyl (C=O) groups excluding carboxylic acids is 2. The number of oxazole rings is 1. The third-order valence-electron chi connectivity index (χ3n) is 2.62. The molecule has 0 spiro atoms. The number of hydrogen-bond donors (Lipinski definition) is 2. The van der Waals surface area contributed by atoms with Crippen LogP contribution in [0.2, 0.25) is 0 Å². The summed E-state index contributed by atoms with van der Waals surface area (Å²) in [5, 5.41) is 5.25. The second-order valence-corrected chi connectivity index (χ2v) is 4.21. The summed E-state index contributed by atoms with van der Waals surface area (Å²) in [6.07, 6.45) is 2.78. The second kappa shape index (κ2) is 6.51. The van der Waals surface area contributed by atoms with Crippen molar-refractivity contribution in [1.82, 2.24) is 15.6 Å². The Kier molecular flexibility index (Phi) is 4.49. The number of carbonyl (C=O) groups is 2. The number of nitrogens with one attached hydrogen (secondary N) is 2. The molecule has 0 bridgehead atoms. The van der Waals surface area contributed by atoms with Gasteiger partial charge in [0.05, 0.1) is 6.20 Å². The lowest BCUT2D eigenvalue weighted by atomic mass is 10.2. The second-order valence-electron chi connectivity index (χ2n) is 4.21. The van der Waals surface area contributed by atoms with Gasteiger partial charge >= 0.3 is 0 Å². The maximum absolute atomic E-state index is 12.1. The van der Waals surface area contributed by atoms with Crippen LogP contribution in [0.3, 0.4) is 0 Å². The Morgan fingerprint density at radius 3 is 2.65 bits per heavy atom. The van der Waals surface area contributed by atoms with Crippen molar-refractivity contribution in [2.75, 3.05) is 0 Å². The summed E-state index contributed by atoms with van der Waals surface area (Å²) in [5.41, 5.74) is 0.967. The standard InChI is InChI=1S/C14H15N3O3/c1-10(18)17-12(14-15-7-8-20-14)13(19)16-9-11-5-3-2-4-6-11/h2-8,12H,9H2,1H3,(H,16,19)(H,17,18)/t12-/m0/s1. The zero-order valence-electron chi connectivity index (χ0n) is 11.0. The molecule has 20 heavy (non-hydrogen) atoms. The van der Waals surface area contributed by atoms with Gasteiger partial charge in [-0.15, -0.1) is 0 Å². The molecule has 0 radical (unpaired) electrons. The summed E-state index contributed by atoms with van der Waals surface area (Å²) in [6, 6.07) is 8.56. The molecule has 6 heteroatoms. The summed E-state index contributed by atoms with van der Waals surface area (Å²) in [5.74, 6) is -0.541. The highest BCUT2D eigenvalue weighted by Gasteiger charge is 2.25. The molecule has 104 valence electrons. The molecule has 0 aliphatic rings. The largest absolute Gasteiger partial charge is 0.446 e. The van der Waals surface area contributed by atoms with E-state index in [4.69, 9.17) is 4.42 Å². The Balaban J connectivity index is 2.02. The van der Waals surface area contributed by atoms with E-state index in [2.05, 4.69) is 15.6 Å². The van der Waals surface area contributed by atoms with E-state index in [0.29, 0.717) is 6.54 Å². The van der Waals surface area contributed by atoms with E-state index in [-0.39, 0.29) is 17.7 Å². The highest BCUT2D eigenvalue weighted by molar-refractivity contribution is 5.87. The molecule has 2 N–H and O–H groups in total. The molecule has 0 unspecified atom stereocenters. The summed E-state index contributed by atoms with van der Waals surface area (Å²) >= 11 is 0. The van der Waals surface area contributed by atoms with Crippen LogP contribution in [0.4, 0.5) is 0 Å². The lowest BCUT2D eigenvalue weighted by Gasteiger charge is -2.14. The molecule has 1 atom stereocenters. The number of benzene rings is 1. The normalized spacial score (nSPS) is 11.7. The van der Waals surface area contributed by atoms with Gasteiger partial charge in [-0.05, 0) is 5.56 Å². The van der Waals surface area contributed by atoms with Crippen molar-refractivity contribution in [3.8, 4) is 0 Å². The Hall–Kier alpha value is -2.63. The molecule has 0 saturated carbocycles. The van der Waals surface area contributed by atoms with Crippen LogP contribution >= 0.6 is 0 Å². The van der Waals surface area contributed by atoms with Crippen LogP contribution in [0.5, 0.6) is 0 Å². The third-order valence-corrected chi connectivity index (χ3v) is 2.62. The van der Waals surface area contributed by atoms with E-state index in [1.165, 1.54) is 19.4 Å². The summed E-state index contributed by atoms with van der Waals surface area (Å²) < 4.78 is 5.08. The van der Waals surface area contributed by atoms with Gasteiger partial charge in [-0.25, -0.2) is 4.98 Å². The molecule has 6 nitrogen and oxygen atoms in total. The molecule has 1 aromatic carbocycles. The quantitative estimate of drug-likeness (QED) is 0.856. The van der Waals surface area contributed by atoms with E-state index < -0.39 is 6.04 Å². The monoisotopic (exact) mass is 273 g/mol. The van der Waals surface area contributed by atoms with Gasteiger partial charge in [0, 0.05) is 13.5 Å². The SMILES string of the molecule is CC(=O)N[C@@H](C(=O)NCc1ccccc1)c1ncco1. The molecule has 2 amide bonds. The first-order valence-electron chi connectivity index (χ1n) is 6.15. The molecule has 0 aliphatic carbocycles. The molecule has 2 rings (SSSR count). The fraction of sp³-hybridized carbons (Fsp3) is 0.214. The minimum absolute atomic E-state index is 0.158. The van der Waals surface area contributed by atoms with Crippen LogP contribution in [-0.2, 0) is 16.1 Å². The van der Waals surface area contributed by atoms with Gasteiger partial charge < -0.3 is 15.1 Å². The molecule has 1 aromatic heterocycles. The molecule has 0 saturated heterocycles. The fourth-order valence-electron chi connectivity index (χ4n) is 1.71. The first-order chi connectivity index (χ1) is 9.66. The predicted molar refractivity (Wildman–Crippen MR) is 71.3 cm³/mol. The fourth-order valence-corrected chi connectivity index (χ4v) is 1.71. The van der Waals surface area contributed by atoms with Crippen LogP contribution in [-0.4, -0.2) is 16.8 Å². The number of aromatic nitrogens is 1. The smallest absolute Gasteiger partial charge is 0.252 e. The van der Waals surface area contributed by atoms with Gasteiger partial charge in [0.25, 0.3) is 5.91 Å². The molecule has 0 aliphatic heterocycles. The van der Waals surface area contributed by atoms with Gasteiger partial charge in [0.15, 0.2) is 6.04 Å². The van der Waals surface area contributed by atoms with Gasteiger partial charge in [-0.3, -0.25) is 9.59 Å². The number of rotatable bonds is 5. The van der Waals surface area contributed by atoms with Gasteiger partial charge in [0.1, 0.15) is 6.26 Å². The molecule has 0 fully saturated rings. The van der Waals surface area contributed by atoms with E-state index >= 15 is 0 Å². The minimum atomic E-state index is -0.925. The third kappa shape index (κ3) is 3.68. The number of hydrogen-bond acceptors (Lipinski definition) is 4. The van der Waals surface area contributed by atoms with Crippen molar-refractivity contribution in [2.24, 2.45) is 0 Å². The Labute approximate surface area is 116 Å². The first kappa shape index (κ1) is 13.8. The Bertz CT molecular complexity index is 567. The lowest BCUT2D eigenvalue weighted by molar-refractivity contribution is -0.128. The lowest BCUT2D eigenvalue weighted by Crippen LogP contribution is -2.39. The molecular weight excluding hydrogens is 258 g/mol. The van der Waals surface area contributed by atoms with Crippen LogP contribution < -0.4 is 10.6 Å². The van der Waals surface area contributed by atoms with Crippen LogP contribution in [0.25, 0.3) is 0 Å². The number of nitrogens with zero attached hydrogens (tertiary/aromatic N) is 1. The first-order valence-corrected chi connectivity index (χ1v) is 6.15. The van der Waals surface area contributed by atoms with E-state index in [9.17, 15) is 9.59 Å². The Morgan fingerprint density at radius 2 is 2.05 bits per heavy atom. The Morgan fingerprint density at radius 1 is 1.30 bits per heavy atom. The minimum Gasteiger partial charge on any atom is -0.446 e.